The van der Waals surface area contributed by atoms with Gasteiger partial charge in [0.2, 0.25) is 11.8 Å². The first-order valence-corrected chi connectivity index (χ1v) is 10.4. The van der Waals surface area contributed by atoms with Gasteiger partial charge in [-0.1, -0.05) is 67.6 Å². The molecule has 1 saturated heterocycles. The van der Waals surface area contributed by atoms with E-state index in [1.54, 1.807) is 6.08 Å². The lowest BCUT2D eigenvalue weighted by Gasteiger charge is -2.42. The average molecular weight is 391 g/mol. The van der Waals surface area contributed by atoms with Crippen molar-refractivity contribution in [2.45, 2.75) is 32.6 Å². The number of hydrogen-bond donors (Lipinski definition) is 1. The van der Waals surface area contributed by atoms with E-state index >= 15 is 0 Å². The normalized spacial score (nSPS) is 18.9. The predicted octanol–water partition coefficient (Wildman–Crippen LogP) is 4.22. The van der Waals surface area contributed by atoms with E-state index in [-0.39, 0.29) is 11.8 Å². The monoisotopic (exact) mass is 390 g/mol. The molecule has 1 heterocycles. The van der Waals surface area contributed by atoms with E-state index in [1.807, 2.05) is 36.1 Å². The summed E-state index contributed by atoms with van der Waals surface area (Å²) in [5.74, 6) is 0.125. The molecule has 29 heavy (non-hydrogen) atoms. The quantitative estimate of drug-likeness (QED) is 0.720. The number of likely N-dealkylation sites (tertiary alicyclic amines) is 1. The number of nitrogens with one attached hydrogen (secondary N) is 1. The van der Waals surface area contributed by atoms with Gasteiger partial charge in [0.1, 0.15) is 0 Å². The summed E-state index contributed by atoms with van der Waals surface area (Å²) < 4.78 is 0. The van der Waals surface area contributed by atoms with Crippen molar-refractivity contribution in [1.29, 1.82) is 0 Å². The zero-order valence-corrected chi connectivity index (χ0v) is 17.2. The number of rotatable bonds is 7. The van der Waals surface area contributed by atoms with Gasteiger partial charge in [0.25, 0.3) is 0 Å². The first-order chi connectivity index (χ1) is 14.1. The van der Waals surface area contributed by atoms with Crippen molar-refractivity contribution in [3.05, 3.63) is 72.8 Å². The summed E-state index contributed by atoms with van der Waals surface area (Å²) in [6.07, 6.45) is 4.39. The number of nitrogens with zero attached hydrogens (tertiary/aromatic N) is 1. The molecule has 0 saturated carbocycles. The minimum absolute atomic E-state index is 0.0103. The van der Waals surface area contributed by atoms with E-state index in [0.717, 1.165) is 36.1 Å². The van der Waals surface area contributed by atoms with Crippen LogP contribution in [0.5, 0.6) is 0 Å². The minimum Gasteiger partial charge on any atom is -0.352 e. The number of hydrogen-bond acceptors (Lipinski definition) is 2. The van der Waals surface area contributed by atoms with Crippen LogP contribution in [0.1, 0.15) is 31.7 Å². The Balaban J connectivity index is 1.90. The molecule has 2 aromatic carbocycles. The van der Waals surface area contributed by atoms with Gasteiger partial charge >= 0.3 is 0 Å². The topological polar surface area (TPSA) is 49.4 Å². The molecular weight excluding hydrogens is 360 g/mol. The molecule has 1 atom stereocenters. The van der Waals surface area contributed by atoms with E-state index in [2.05, 4.69) is 42.2 Å². The van der Waals surface area contributed by atoms with Crippen LogP contribution in [0.4, 0.5) is 0 Å². The summed E-state index contributed by atoms with van der Waals surface area (Å²) in [6.45, 7) is 7.22. The van der Waals surface area contributed by atoms with Crippen molar-refractivity contribution in [1.82, 2.24) is 10.2 Å². The van der Waals surface area contributed by atoms with Crippen LogP contribution in [0.2, 0.25) is 0 Å². The molecule has 3 rings (SSSR count). The molecule has 152 valence electrons. The summed E-state index contributed by atoms with van der Waals surface area (Å²) in [7, 11) is 0. The molecule has 4 nitrogen and oxygen atoms in total. The molecule has 0 unspecified atom stereocenters. The third-order valence-electron chi connectivity index (χ3n) is 5.70. The molecule has 0 aliphatic carbocycles. The predicted molar refractivity (Wildman–Crippen MR) is 117 cm³/mol. The SMILES string of the molecule is C=CCNC(=O)[C@]1(Cc2cccc(-c3ccccc3)c2)CCCN(C(=O)CC)C1. The van der Waals surface area contributed by atoms with Gasteiger partial charge in [0, 0.05) is 26.1 Å². The zero-order valence-electron chi connectivity index (χ0n) is 17.2. The fraction of sp³-hybridized carbons (Fsp3) is 0.360. The van der Waals surface area contributed by atoms with Gasteiger partial charge < -0.3 is 10.2 Å². The van der Waals surface area contributed by atoms with Gasteiger partial charge in [-0.3, -0.25) is 9.59 Å². The number of amides is 2. The van der Waals surface area contributed by atoms with E-state index in [9.17, 15) is 9.59 Å². The fourth-order valence-corrected chi connectivity index (χ4v) is 4.21. The number of carbonyl (C=O) groups is 2. The Morgan fingerprint density at radius 1 is 1.14 bits per heavy atom. The van der Waals surface area contributed by atoms with E-state index in [4.69, 9.17) is 0 Å². The maximum absolute atomic E-state index is 13.2. The highest BCUT2D eigenvalue weighted by molar-refractivity contribution is 5.85. The number of piperidine rings is 1. The second kappa shape index (κ2) is 9.55. The van der Waals surface area contributed by atoms with Crippen LogP contribution in [0, 0.1) is 5.41 Å². The molecule has 1 N–H and O–H groups in total. The van der Waals surface area contributed by atoms with Gasteiger partial charge in [-0.25, -0.2) is 0 Å². The Hall–Kier alpha value is -2.88. The van der Waals surface area contributed by atoms with Crippen LogP contribution in [-0.4, -0.2) is 36.3 Å². The molecule has 2 amide bonds. The lowest BCUT2D eigenvalue weighted by Crippen LogP contribution is -2.54. The van der Waals surface area contributed by atoms with Crippen LogP contribution >= 0.6 is 0 Å². The molecule has 1 aliphatic rings. The van der Waals surface area contributed by atoms with Gasteiger partial charge in [0.05, 0.1) is 5.41 Å². The third-order valence-corrected chi connectivity index (χ3v) is 5.70. The Labute approximate surface area is 173 Å². The van der Waals surface area contributed by atoms with Crippen LogP contribution in [0.15, 0.2) is 67.3 Å². The van der Waals surface area contributed by atoms with Crippen molar-refractivity contribution in [2.75, 3.05) is 19.6 Å². The van der Waals surface area contributed by atoms with Crippen molar-refractivity contribution in [2.24, 2.45) is 5.41 Å². The number of benzene rings is 2. The fourth-order valence-electron chi connectivity index (χ4n) is 4.21. The smallest absolute Gasteiger partial charge is 0.228 e. The molecule has 0 bridgehead atoms. The molecule has 2 aromatic rings. The Bertz CT molecular complexity index is 862. The molecule has 0 aromatic heterocycles. The van der Waals surface area contributed by atoms with Crippen molar-refractivity contribution in [3.8, 4) is 11.1 Å². The van der Waals surface area contributed by atoms with Gasteiger partial charge in [-0.2, -0.15) is 0 Å². The van der Waals surface area contributed by atoms with Gasteiger partial charge in [0.15, 0.2) is 0 Å². The van der Waals surface area contributed by atoms with Crippen molar-refractivity contribution >= 4 is 11.8 Å². The number of carbonyl (C=O) groups excluding carboxylic acids is 2. The molecule has 1 aliphatic heterocycles. The third kappa shape index (κ3) is 4.94. The maximum atomic E-state index is 13.2. The van der Waals surface area contributed by atoms with Gasteiger partial charge in [-0.15, -0.1) is 6.58 Å². The molecule has 0 spiro atoms. The second-order valence-electron chi connectivity index (χ2n) is 7.79. The van der Waals surface area contributed by atoms with Gasteiger partial charge in [-0.05, 0) is 36.0 Å². The molecule has 0 radical (unpaired) electrons. The highest BCUT2D eigenvalue weighted by Gasteiger charge is 2.43. The highest BCUT2D eigenvalue weighted by Crippen LogP contribution is 2.35. The largest absolute Gasteiger partial charge is 0.352 e. The zero-order chi connectivity index (χ0) is 20.7. The standard InChI is InChI=1S/C25H30N2O2/c1-3-15-26-24(29)25(14-9-16-27(19-25)23(28)4-2)18-20-10-8-13-22(17-20)21-11-6-5-7-12-21/h3,5-8,10-13,17H,1,4,9,14-16,18-19H2,2H3,(H,26,29)/t25-/m0/s1. The molecule has 4 heteroatoms. The summed E-state index contributed by atoms with van der Waals surface area (Å²) in [5.41, 5.74) is 2.81. The lowest BCUT2D eigenvalue weighted by molar-refractivity contribution is -0.141. The Kier molecular flexibility index (Phi) is 6.86. The minimum atomic E-state index is -0.610. The molecular formula is C25H30N2O2. The van der Waals surface area contributed by atoms with E-state index in [1.165, 1.54) is 0 Å². The van der Waals surface area contributed by atoms with Crippen LogP contribution in [0.3, 0.4) is 0 Å². The van der Waals surface area contributed by atoms with E-state index < -0.39 is 5.41 Å². The Morgan fingerprint density at radius 2 is 1.90 bits per heavy atom. The first-order valence-electron chi connectivity index (χ1n) is 10.4. The second-order valence-corrected chi connectivity index (χ2v) is 7.79. The lowest BCUT2D eigenvalue weighted by atomic mass is 9.74. The summed E-state index contributed by atoms with van der Waals surface area (Å²) >= 11 is 0. The van der Waals surface area contributed by atoms with Crippen LogP contribution in [0.25, 0.3) is 11.1 Å². The Morgan fingerprint density at radius 3 is 2.62 bits per heavy atom. The first kappa shape index (κ1) is 20.8. The maximum Gasteiger partial charge on any atom is 0.228 e. The molecule has 1 fully saturated rings. The summed E-state index contributed by atoms with van der Waals surface area (Å²) in [5, 5.41) is 2.99. The van der Waals surface area contributed by atoms with Crippen molar-refractivity contribution < 1.29 is 9.59 Å². The summed E-state index contributed by atoms with van der Waals surface area (Å²) in [6, 6.07) is 18.6. The van der Waals surface area contributed by atoms with Crippen LogP contribution in [-0.2, 0) is 16.0 Å². The van der Waals surface area contributed by atoms with Crippen LogP contribution < -0.4 is 5.32 Å². The highest BCUT2D eigenvalue weighted by atomic mass is 16.2. The van der Waals surface area contributed by atoms with E-state index in [0.29, 0.717) is 25.9 Å². The summed E-state index contributed by atoms with van der Waals surface area (Å²) in [4.78, 5) is 27.4. The average Bonchev–Trinajstić information content (AvgIpc) is 2.77. The van der Waals surface area contributed by atoms with Crippen molar-refractivity contribution in [3.63, 3.8) is 0 Å².